The van der Waals surface area contributed by atoms with Gasteiger partial charge in [0, 0.05) is 6.04 Å². The number of hydrogen-bond donors (Lipinski definition) is 1. The van der Waals surface area contributed by atoms with Gasteiger partial charge in [0.2, 0.25) is 0 Å². The third kappa shape index (κ3) is 3.07. The molecule has 0 spiro atoms. The normalized spacial score (nSPS) is 15.3. The van der Waals surface area contributed by atoms with Crippen LogP contribution in [0.3, 0.4) is 0 Å². The van der Waals surface area contributed by atoms with Gasteiger partial charge >= 0.3 is 0 Å². The number of nitrogens with one attached hydrogen (secondary N) is 1. The van der Waals surface area contributed by atoms with Crippen molar-refractivity contribution in [3.63, 3.8) is 0 Å². The molecule has 3 aromatic rings. The second-order valence-corrected chi connectivity index (χ2v) is 6.86. The molecular weight excluding hydrogens is 320 g/mol. The fourth-order valence-electron chi connectivity index (χ4n) is 3.83. The lowest BCUT2D eigenvalue weighted by Gasteiger charge is -2.12. The molecule has 1 N–H and O–H groups in total. The molecule has 0 bridgehead atoms. The van der Waals surface area contributed by atoms with Crippen LogP contribution in [0.15, 0.2) is 60.2 Å². The zero-order valence-electron chi connectivity index (χ0n) is 14.5. The van der Waals surface area contributed by atoms with Gasteiger partial charge in [-0.3, -0.25) is 4.79 Å². The lowest BCUT2D eigenvalue weighted by molar-refractivity contribution is -0.117. The first-order valence-corrected chi connectivity index (χ1v) is 9.09. The molecule has 1 saturated carbocycles. The Morgan fingerprint density at radius 1 is 1.00 bits per heavy atom. The highest BCUT2D eigenvalue weighted by Crippen LogP contribution is 2.30. The fraction of sp³-hybridized carbons (Fsp3) is 0.217. The largest absolute Gasteiger partial charge is 0.349 e. The lowest BCUT2D eigenvalue weighted by atomic mass is 9.95. The van der Waals surface area contributed by atoms with Crippen molar-refractivity contribution in [1.29, 1.82) is 5.26 Å². The number of fused-ring (bicyclic) bond motifs is 2. The molecule has 0 aromatic heterocycles. The van der Waals surface area contributed by atoms with Gasteiger partial charge in [0.05, 0.1) is 0 Å². The van der Waals surface area contributed by atoms with E-state index in [9.17, 15) is 10.1 Å². The van der Waals surface area contributed by atoms with Crippen LogP contribution in [-0.4, -0.2) is 11.9 Å². The second kappa shape index (κ2) is 7.01. The van der Waals surface area contributed by atoms with Gasteiger partial charge < -0.3 is 5.32 Å². The predicted molar refractivity (Wildman–Crippen MR) is 105 cm³/mol. The van der Waals surface area contributed by atoms with E-state index in [4.69, 9.17) is 0 Å². The van der Waals surface area contributed by atoms with Crippen molar-refractivity contribution in [2.24, 2.45) is 0 Å². The number of benzene rings is 3. The zero-order chi connectivity index (χ0) is 17.9. The molecular formula is C23H20N2O. The summed E-state index contributed by atoms with van der Waals surface area (Å²) in [4.78, 5) is 12.6. The molecule has 0 atom stereocenters. The van der Waals surface area contributed by atoms with Crippen molar-refractivity contribution < 1.29 is 4.79 Å². The summed E-state index contributed by atoms with van der Waals surface area (Å²) in [6.45, 7) is 0. The minimum Gasteiger partial charge on any atom is -0.349 e. The van der Waals surface area contributed by atoms with Crippen LogP contribution in [0.2, 0.25) is 0 Å². The van der Waals surface area contributed by atoms with Gasteiger partial charge in [-0.25, -0.2) is 0 Å². The third-order valence-corrected chi connectivity index (χ3v) is 5.16. The molecule has 0 unspecified atom stereocenters. The molecule has 3 heteroatoms. The predicted octanol–water partition coefficient (Wildman–Crippen LogP) is 4.96. The molecule has 4 rings (SSSR count). The first kappa shape index (κ1) is 16.4. The first-order chi connectivity index (χ1) is 12.8. The number of rotatable bonds is 3. The highest BCUT2D eigenvalue weighted by atomic mass is 16.1. The van der Waals surface area contributed by atoms with Crippen LogP contribution in [0.1, 0.15) is 31.2 Å². The van der Waals surface area contributed by atoms with E-state index in [1.165, 1.54) is 0 Å². The van der Waals surface area contributed by atoms with E-state index >= 15 is 0 Å². The van der Waals surface area contributed by atoms with Gasteiger partial charge in [-0.2, -0.15) is 5.26 Å². The zero-order valence-corrected chi connectivity index (χ0v) is 14.5. The average molecular weight is 340 g/mol. The molecule has 3 aromatic carbocycles. The number of nitrogens with zero attached hydrogens (tertiary/aromatic N) is 1. The summed E-state index contributed by atoms with van der Waals surface area (Å²) < 4.78 is 0. The summed E-state index contributed by atoms with van der Waals surface area (Å²) in [7, 11) is 0. The van der Waals surface area contributed by atoms with Crippen LogP contribution >= 0.6 is 0 Å². The molecule has 1 aliphatic rings. The van der Waals surface area contributed by atoms with Gasteiger partial charge in [0.15, 0.2) is 0 Å². The Morgan fingerprint density at radius 2 is 1.58 bits per heavy atom. The molecule has 0 radical (unpaired) electrons. The Labute approximate surface area is 152 Å². The van der Waals surface area contributed by atoms with E-state index < -0.39 is 0 Å². The third-order valence-electron chi connectivity index (χ3n) is 5.16. The number of amides is 1. The van der Waals surface area contributed by atoms with Gasteiger partial charge in [-0.05, 0) is 52.1 Å². The van der Waals surface area contributed by atoms with E-state index in [2.05, 4.69) is 29.6 Å². The summed E-state index contributed by atoms with van der Waals surface area (Å²) in [5.74, 6) is -0.267. The van der Waals surface area contributed by atoms with Crippen LogP contribution in [0, 0.1) is 11.3 Å². The molecule has 1 aliphatic carbocycles. The van der Waals surface area contributed by atoms with E-state index in [0.717, 1.165) is 52.8 Å². The molecule has 26 heavy (non-hydrogen) atoms. The Balaban J connectivity index is 1.84. The topological polar surface area (TPSA) is 52.9 Å². The number of nitriles is 1. The number of hydrogen-bond acceptors (Lipinski definition) is 2. The summed E-state index contributed by atoms with van der Waals surface area (Å²) in [5, 5.41) is 16.9. The Bertz CT molecular complexity index is 999. The van der Waals surface area contributed by atoms with E-state index in [0.29, 0.717) is 0 Å². The van der Waals surface area contributed by atoms with Crippen LogP contribution in [0.4, 0.5) is 0 Å². The van der Waals surface area contributed by atoms with Crippen molar-refractivity contribution in [3.8, 4) is 6.07 Å². The Kier molecular flexibility index (Phi) is 4.41. The van der Waals surface area contributed by atoms with Gasteiger partial charge in [0.25, 0.3) is 5.91 Å². The summed E-state index contributed by atoms with van der Waals surface area (Å²) >= 11 is 0. The smallest absolute Gasteiger partial charge is 0.262 e. The molecule has 0 saturated heterocycles. The SMILES string of the molecule is N#C/C(=C/c1c2ccccc2cc2ccccc12)C(=O)NC1CCCC1. The number of carbonyl (C=O) groups is 1. The maximum Gasteiger partial charge on any atom is 0.262 e. The Hall–Kier alpha value is -3.12. The van der Waals surface area contributed by atoms with Crippen molar-refractivity contribution in [2.75, 3.05) is 0 Å². The highest BCUT2D eigenvalue weighted by molar-refractivity contribution is 6.11. The molecule has 0 heterocycles. The maximum atomic E-state index is 12.6. The van der Waals surface area contributed by atoms with Crippen LogP contribution in [0.25, 0.3) is 27.6 Å². The van der Waals surface area contributed by atoms with E-state index in [-0.39, 0.29) is 17.5 Å². The van der Waals surface area contributed by atoms with Crippen LogP contribution in [-0.2, 0) is 4.79 Å². The lowest BCUT2D eigenvalue weighted by Crippen LogP contribution is -2.33. The summed E-state index contributed by atoms with van der Waals surface area (Å²) in [5.41, 5.74) is 1.09. The van der Waals surface area contributed by atoms with Crippen molar-refractivity contribution in [2.45, 2.75) is 31.7 Å². The van der Waals surface area contributed by atoms with Gasteiger partial charge in [-0.15, -0.1) is 0 Å². The molecule has 1 amide bonds. The highest BCUT2D eigenvalue weighted by Gasteiger charge is 2.19. The quantitative estimate of drug-likeness (QED) is 0.416. The fourth-order valence-corrected chi connectivity index (χ4v) is 3.83. The summed E-state index contributed by atoms with van der Waals surface area (Å²) in [6, 6.07) is 20.6. The summed E-state index contributed by atoms with van der Waals surface area (Å²) in [6.07, 6.45) is 6.03. The van der Waals surface area contributed by atoms with E-state index in [1.54, 1.807) is 6.08 Å². The van der Waals surface area contributed by atoms with Crippen molar-refractivity contribution in [3.05, 3.63) is 65.7 Å². The maximum absolute atomic E-state index is 12.6. The van der Waals surface area contributed by atoms with Crippen molar-refractivity contribution in [1.82, 2.24) is 5.32 Å². The van der Waals surface area contributed by atoms with Crippen LogP contribution < -0.4 is 5.32 Å². The standard InChI is InChI=1S/C23H20N2O/c24-15-18(23(26)25-19-9-3-4-10-19)14-22-20-11-5-1-7-16(20)13-17-8-2-6-12-21(17)22/h1-2,5-8,11-14,19H,3-4,9-10H2,(H,25,26)/b18-14-. The number of carbonyl (C=O) groups excluding carboxylic acids is 1. The molecule has 3 nitrogen and oxygen atoms in total. The average Bonchev–Trinajstić information content (AvgIpc) is 3.18. The van der Waals surface area contributed by atoms with Gasteiger partial charge in [0.1, 0.15) is 11.6 Å². The molecule has 128 valence electrons. The minimum absolute atomic E-state index is 0.165. The minimum atomic E-state index is -0.267. The first-order valence-electron chi connectivity index (χ1n) is 9.09. The van der Waals surface area contributed by atoms with E-state index in [1.807, 2.05) is 36.4 Å². The molecule has 0 aliphatic heterocycles. The van der Waals surface area contributed by atoms with Crippen LogP contribution in [0.5, 0.6) is 0 Å². The van der Waals surface area contributed by atoms with Gasteiger partial charge in [-0.1, -0.05) is 61.4 Å². The molecule has 1 fully saturated rings. The monoisotopic (exact) mass is 340 g/mol. The second-order valence-electron chi connectivity index (χ2n) is 6.86. The Morgan fingerprint density at radius 3 is 2.15 bits per heavy atom. The van der Waals surface area contributed by atoms with Crippen molar-refractivity contribution >= 4 is 33.5 Å².